The summed E-state index contributed by atoms with van der Waals surface area (Å²) in [4.78, 5) is 15.3. The minimum Gasteiger partial charge on any atom is -0.459 e. The van der Waals surface area contributed by atoms with Crippen molar-refractivity contribution in [3.05, 3.63) is 82.1 Å². The first-order valence-corrected chi connectivity index (χ1v) is 12.2. The summed E-state index contributed by atoms with van der Waals surface area (Å²) in [6, 6.07) is 15.4. The number of nitrogens with zero attached hydrogens (tertiary/aromatic N) is 1. The lowest BCUT2D eigenvalue weighted by Crippen LogP contribution is -2.38. The second-order valence-electron chi connectivity index (χ2n) is 8.82. The Bertz CT molecular complexity index is 934. The number of aliphatic hydroxyl groups excluding tert-OH is 1. The molecule has 0 bridgehead atoms. The van der Waals surface area contributed by atoms with Crippen molar-refractivity contribution in [1.29, 1.82) is 0 Å². The second kappa shape index (κ2) is 11.7. The molecule has 5 nitrogen and oxygen atoms in total. The van der Waals surface area contributed by atoms with Crippen molar-refractivity contribution < 1.29 is 19.4 Å². The third kappa shape index (κ3) is 6.59. The van der Waals surface area contributed by atoms with Gasteiger partial charge in [-0.15, -0.1) is 0 Å². The van der Waals surface area contributed by atoms with Gasteiger partial charge in [0.25, 0.3) is 5.91 Å². The molecular weight excluding hydrogens is 438 g/mol. The molecule has 176 valence electrons. The van der Waals surface area contributed by atoms with Crippen LogP contribution in [0.1, 0.15) is 61.1 Å². The molecule has 0 unspecified atom stereocenters. The number of carbonyl (C=O) groups excluding carboxylic acids is 1. The van der Waals surface area contributed by atoms with Crippen molar-refractivity contribution >= 4 is 17.5 Å². The predicted molar refractivity (Wildman–Crippen MR) is 129 cm³/mol. The maximum absolute atomic E-state index is 13.4. The zero-order chi connectivity index (χ0) is 23.0. The molecular formula is C27H32ClNO4. The topological polar surface area (TPSA) is 59.0 Å². The number of ether oxygens (including phenoxy) is 2. The van der Waals surface area contributed by atoms with E-state index < -0.39 is 6.29 Å². The summed E-state index contributed by atoms with van der Waals surface area (Å²) in [5.74, 6) is 0.338. The summed E-state index contributed by atoms with van der Waals surface area (Å²) in [5.41, 5.74) is 2.94. The lowest BCUT2D eigenvalue weighted by Gasteiger charge is -2.32. The van der Waals surface area contributed by atoms with Crippen LogP contribution < -0.4 is 0 Å². The quantitative estimate of drug-likeness (QED) is 0.602. The van der Waals surface area contributed by atoms with Gasteiger partial charge in [0.2, 0.25) is 6.29 Å². The van der Waals surface area contributed by atoms with Crippen LogP contribution in [0.25, 0.3) is 0 Å². The number of benzene rings is 2. The summed E-state index contributed by atoms with van der Waals surface area (Å²) >= 11 is 6.09. The van der Waals surface area contributed by atoms with E-state index in [-0.39, 0.29) is 18.4 Å². The van der Waals surface area contributed by atoms with Crippen molar-refractivity contribution in [2.75, 3.05) is 13.1 Å². The molecule has 0 radical (unpaired) electrons. The smallest absolute Gasteiger partial charge is 0.288 e. The van der Waals surface area contributed by atoms with Crippen LogP contribution in [0.4, 0.5) is 0 Å². The molecule has 0 aliphatic carbocycles. The van der Waals surface area contributed by atoms with E-state index >= 15 is 0 Å². The molecule has 1 fully saturated rings. The Morgan fingerprint density at radius 3 is 2.27 bits per heavy atom. The first-order valence-electron chi connectivity index (χ1n) is 11.9. The van der Waals surface area contributed by atoms with E-state index in [0.717, 1.165) is 55.5 Å². The van der Waals surface area contributed by atoms with Crippen LogP contribution in [-0.2, 0) is 27.5 Å². The highest BCUT2D eigenvalue weighted by molar-refractivity contribution is 6.30. The Morgan fingerprint density at radius 2 is 1.61 bits per heavy atom. The van der Waals surface area contributed by atoms with Gasteiger partial charge in [0.15, 0.2) is 5.76 Å². The van der Waals surface area contributed by atoms with E-state index in [2.05, 4.69) is 0 Å². The van der Waals surface area contributed by atoms with Gasteiger partial charge in [0, 0.05) is 30.5 Å². The molecule has 2 aromatic carbocycles. The van der Waals surface area contributed by atoms with Gasteiger partial charge in [-0.2, -0.15) is 0 Å². The minimum absolute atomic E-state index is 0.00601. The van der Waals surface area contributed by atoms with Crippen molar-refractivity contribution in [1.82, 2.24) is 4.90 Å². The largest absolute Gasteiger partial charge is 0.459 e. The first kappa shape index (κ1) is 23.8. The minimum atomic E-state index is -0.526. The number of amides is 1. The number of allylic oxidation sites excluding steroid dienone is 1. The molecule has 2 aliphatic rings. The Balaban J connectivity index is 1.50. The van der Waals surface area contributed by atoms with Gasteiger partial charge in [-0.25, -0.2) is 0 Å². The number of hydrogen-bond acceptors (Lipinski definition) is 4. The molecule has 2 aliphatic heterocycles. The molecule has 2 atom stereocenters. The van der Waals surface area contributed by atoms with Crippen LogP contribution in [0.5, 0.6) is 0 Å². The van der Waals surface area contributed by atoms with Crippen molar-refractivity contribution in [3.63, 3.8) is 0 Å². The highest BCUT2D eigenvalue weighted by Crippen LogP contribution is 2.33. The van der Waals surface area contributed by atoms with Crippen molar-refractivity contribution in [2.24, 2.45) is 0 Å². The van der Waals surface area contributed by atoms with E-state index in [1.807, 2.05) is 59.5 Å². The van der Waals surface area contributed by atoms with Crippen LogP contribution in [0.3, 0.4) is 0 Å². The summed E-state index contributed by atoms with van der Waals surface area (Å²) in [6.07, 6.45) is 7.67. The zero-order valence-electron chi connectivity index (χ0n) is 18.9. The number of likely N-dealkylation sites (tertiary alicyclic amines) is 1. The molecule has 2 heterocycles. The average Bonchev–Trinajstić information content (AvgIpc) is 2.83. The lowest BCUT2D eigenvalue weighted by atomic mass is 9.93. The second-order valence-corrected chi connectivity index (χ2v) is 9.25. The van der Waals surface area contributed by atoms with E-state index in [1.54, 1.807) is 0 Å². The number of hydrogen-bond donors (Lipinski definition) is 1. The van der Waals surface area contributed by atoms with Crippen molar-refractivity contribution in [2.45, 2.75) is 63.9 Å². The maximum atomic E-state index is 13.4. The molecule has 0 saturated carbocycles. The maximum Gasteiger partial charge on any atom is 0.288 e. The van der Waals surface area contributed by atoms with Gasteiger partial charge in [-0.05, 0) is 47.7 Å². The van der Waals surface area contributed by atoms with Gasteiger partial charge < -0.3 is 19.5 Å². The molecule has 1 saturated heterocycles. The lowest BCUT2D eigenvalue weighted by molar-refractivity contribution is -0.156. The number of aliphatic hydroxyl groups is 1. The normalized spacial score (nSPS) is 21.5. The van der Waals surface area contributed by atoms with Crippen LogP contribution in [-0.4, -0.2) is 35.3 Å². The number of halogens is 1. The van der Waals surface area contributed by atoms with Gasteiger partial charge in [0.05, 0.1) is 13.2 Å². The van der Waals surface area contributed by atoms with Crippen LogP contribution >= 0.6 is 11.6 Å². The zero-order valence-corrected chi connectivity index (χ0v) is 19.7. The van der Waals surface area contributed by atoms with E-state index in [0.29, 0.717) is 23.8 Å². The number of carbonyl (C=O) groups is 1. The highest BCUT2D eigenvalue weighted by atomic mass is 35.5. The molecule has 6 heteroatoms. The van der Waals surface area contributed by atoms with E-state index in [1.165, 1.54) is 6.42 Å². The van der Waals surface area contributed by atoms with Gasteiger partial charge in [-0.1, -0.05) is 67.3 Å². The summed E-state index contributed by atoms with van der Waals surface area (Å²) in [7, 11) is 0. The molecule has 0 aromatic heterocycles. The Hall–Kier alpha value is -2.34. The van der Waals surface area contributed by atoms with Gasteiger partial charge >= 0.3 is 0 Å². The van der Waals surface area contributed by atoms with Crippen LogP contribution in [0.15, 0.2) is 60.4 Å². The van der Waals surface area contributed by atoms with Crippen molar-refractivity contribution in [3.8, 4) is 0 Å². The fraction of sp³-hybridized carbons (Fsp3) is 0.444. The fourth-order valence-electron chi connectivity index (χ4n) is 4.39. The van der Waals surface area contributed by atoms with Gasteiger partial charge in [-0.3, -0.25) is 4.79 Å². The highest BCUT2D eigenvalue weighted by Gasteiger charge is 2.31. The van der Waals surface area contributed by atoms with E-state index in [4.69, 9.17) is 21.1 Å². The fourth-order valence-corrected chi connectivity index (χ4v) is 4.52. The third-order valence-electron chi connectivity index (χ3n) is 6.35. The number of rotatable bonds is 6. The summed E-state index contributed by atoms with van der Waals surface area (Å²) in [5, 5.41) is 9.92. The SMILES string of the molecule is O=C(C1=C[C@H](c2ccc(Cl)cc2)C[C@H](OCc2ccc(CO)cc2)O1)N1CCCCCCC1. The molecule has 33 heavy (non-hydrogen) atoms. The standard InChI is InChI=1S/C27H32ClNO4/c28-24-12-10-22(11-13-24)23-16-25(27(31)29-14-4-2-1-3-5-15-29)33-26(17-23)32-19-21-8-6-20(18-30)7-9-21/h6-13,16,23,26,30H,1-5,14-15,17-19H2/t23-,26+/m0/s1. The summed E-state index contributed by atoms with van der Waals surface area (Å²) < 4.78 is 12.2. The Labute approximate surface area is 201 Å². The Kier molecular flexibility index (Phi) is 8.43. The average molecular weight is 470 g/mol. The summed E-state index contributed by atoms with van der Waals surface area (Å²) in [6.45, 7) is 1.93. The Morgan fingerprint density at radius 1 is 0.970 bits per heavy atom. The predicted octanol–water partition coefficient (Wildman–Crippen LogP) is 5.56. The molecule has 1 N–H and O–H groups in total. The molecule has 1 amide bonds. The molecule has 0 spiro atoms. The monoisotopic (exact) mass is 469 g/mol. The van der Waals surface area contributed by atoms with Crippen LogP contribution in [0, 0.1) is 0 Å². The molecule has 4 rings (SSSR count). The third-order valence-corrected chi connectivity index (χ3v) is 6.60. The van der Waals surface area contributed by atoms with Gasteiger partial charge in [0.1, 0.15) is 0 Å². The van der Waals surface area contributed by atoms with E-state index in [9.17, 15) is 9.90 Å². The first-order chi connectivity index (χ1) is 16.1. The van der Waals surface area contributed by atoms with Crippen LogP contribution in [0.2, 0.25) is 5.02 Å². The molecule has 2 aromatic rings.